The van der Waals surface area contributed by atoms with Crippen LogP contribution in [-0.2, 0) is 58.8 Å². The van der Waals surface area contributed by atoms with Crippen molar-refractivity contribution in [2.45, 2.75) is 6.92 Å². The Kier molecular flexibility index (Phi) is 45000. The van der Waals surface area contributed by atoms with Crippen molar-refractivity contribution in [1.29, 1.82) is 0 Å². The van der Waals surface area contributed by atoms with Gasteiger partial charge in [-0.3, -0.25) is 4.79 Å². The molecule has 0 aliphatic carbocycles. The summed E-state index contributed by atoms with van der Waals surface area (Å²) in [5.41, 5.74) is 0. The minimum Gasteiger partial charge on any atom is 0 e. The second-order valence-corrected chi connectivity index (χ2v) is 0.512. The maximum absolute atomic E-state index is 9.23. The van der Waals surface area contributed by atoms with E-state index in [0.29, 0.717) is 6.29 Å². The van der Waals surface area contributed by atoms with Crippen molar-refractivity contribution in [3.63, 3.8) is 0 Å². The molecule has 0 saturated carbocycles. The molecule has 0 atom stereocenters. The quantitative estimate of drug-likeness (QED) is 0.252. The molecule has 0 rings (SSSR count). The fourth-order valence-electron chi connectivity index (χ4n) is 0.0589. The van der Waals surface area contributed by atoms with Crippen LogP contribution >= 0.6 is 0 Å². The first-order valence-corrected chi connectivity index (χ1v) is 2.91. The summed E-state index contributed by atoms with van der Waals surface area (Å²) in [7, 11) is 0. The van der Waals surface area contributed by atoms with Gasteiger partial charge in [-0.05, 0) is 12.8 Å². The summed E-state index contributed by atoms with van der Waals surface area (Å²) in [5.74, 6) is 4.58. The molecule has 0 bridgehead atoms. The number of aldehydes is 1. The number of carbonyl (C=O) groups excluding carboxylic acids is 1. The van der Waals surface area contributed by atoms with Gasteiger partial charge < -0.3 is 0 Å². The van der Waals surface area contributed by atoms with E-state index in [-0.39, 0.29) is 16.8 Å². The summed E-state index contributed by atoms with van der Waals surface area (Å²) in [6.07, 6.45) is 0.569. The summed E-state index contributed by atoms with van der Waals surface area (Å²) in [4.78, 5) is 9.23. The van der Waals surface area contributed by atoms with Crippen molar-refractivity contribution in [3.05, 3.63) is 53.2 Å². The predicted molar refractivity (Wildman–Crippen MR) is 51.0 cm³/mol. The van der Waals surface area contributed by atoms with Crippen LogP contribution in [0.25, 0.3) is 0 Å². The normalized spacial score (nSPS) is 1.68. The monoisotopic (exact) mass is 351 g/mol. The minimum atomic E-state index is 0. The Labute approximate surface area is 137 Å². The van der Waals surface area contributed by atoms with Crippen molar-refractivity contribution < 1.29 is 58.8 Å². The van der Waals surface area contributed by atoms with E-state index < -0.39 is 0 Å². The Hall–Kier alpha value is -2.34. The second kappa shape index (κ2) is 13500. The first-order chi connectivity index (χ1) is 10.4. The van der Waals surface area contributed by atoms with Gasteiger partial charge >= 0.3 is 90.4 Å². The van der Waals surface area contributed by atoms with E-state index in [1.807, 2.05) is 0 Å². The molecule has 0 unspecified atom stereocenters. The van der Waals surface area contributed by atoms with Gasteiger partial charge in [0.2, 0.25) is 0 Å². The van der Waals surface area contributed by atoms with Crippen molar-refractivity contribution in [2.24, 2.45) is 0 Å². The zero-order valence-electron chi connectivity index (χ0n) is 10.6. The van der Waals surface area contributed by atoms with Gasteiger partial charge in [-0.2, -0.15) is 0 Å². The Balaban J connectivity index is -0.00000000953. The summed E-state index contributed by atoms with van der Waals surface area (Å²) in [6.45, 7) is 37.6. The molecule has 1 radical (unpaired) electrons. The second-order valence-electron chi connectivity index (χ2n) is 0.512. The summed E-state index contributed by atoms with van der Waals surface area (Å²) < 4.78 is 60.0. The number of hydrogen-bond acceptors (Lipinski definition) is 1. The molecule has 0 aliphatic heterocycles. The van der Waals surface area contributed by atoms with Crippen LogP contribution in [0.1, 0.15) is 6.92 Å². The molecule has 0 aromatic carbocycles. The molecule has 0 heterocycles. The molecule has 0 aromatic rings. The van der Waals surface area contributed by atoms with Gasteiger partial charge in [0.25, 0.3) is 0 Å². The topological polar surface area (TPSA) is 176 Å². The van der Waals surface area contributed by atoms with Crippen LogP contribution in [0, 0.1) is 65.0 Å². The Morgan fingerprint density at radius 1 is 0.591 bits per heavy atom. The van der Waals surface area contributed by atoms with E-state index in [0.717, 1.165) is 0 Å². The van der Waals surface area contributed by atoms with Crippen LogP contribution in [0.3, 0.4) is 0 Å². The van der Waals surface area contributed by atoms with Crippen LogP contribution in [0.4, 0.5) is 0 Å². The number of hydrogen-bond donors (Lipinski definition) is 0. The summed E-state index contributed by atoms with van der Waals surface area (Å²) >= 11 is 0. The third kappa shape index (κ3) is 41500. The number of rotatable bonds is 0. The third-order valence-corrected chi connectivity index (χ3v) is 0.203. The van der Waals surface area contributed by atoms with E-state index in [4.69, 9.17) is 37.2 Å². The molecule has 0 amide bonds. The van der Waals surface area contributed by atoms with Crippen LogP contribution in [-0.4, -0.2) is 6.29 Å². The van der Waals surface area contributed by atoms with Crippen LogP contribution < -0.4 is 0 Å². The van der Waals surface area contributed by atoms with Crippen molar-refractivity contribution in [2.75, 3.05) is 0 Å². The van der Waals surface area contributed by atoms with Gasteiger partial charge in [-0.25, -0.2) is 0 Å². The zero-order valence-corrected chi connectivity index (χ0v) is 11.6. The molecule has 0 fully saturated rings. The van der Waals surface area contributed by atoms with Gasteiger partial charge in [-0.15, -0.1) is 0 Å². The molecule has 0 saturated heterocycles. The van der Waals surface area contributed by atoms with Crippen LogP contribution in [0.15, 0.2) is 0 Å². The van der Waals surface area contributed by atoms with Gasteiger partial charge in [0, 0.05) is 16.8 Å². The number of carbonyl (C=O) groups is 1. The van der Waals surface area contributed by atoms with E-state index in [1.165, 1.54) is 0 Å². The van der Waals surface area contributed by atoms with Crippen LogP contribution in [0.2, 0.25) is 0 Å². The van der Waals surface area contributed by atoms with E-state index in [1.54, 1.807) is 6.92 Å². The van der Waals surface area contributed by atoms with Gasteiger partial charge in [0.15, 0.2) is 6.29 Å². The molecule has 0 N–H and O–H groups in total. The van der Waals surface area contributed by atoms with Crippen LogP contribution in [0.5, 0.6) is 0 Å². The maximum Gasteiger partial charge on any atom is 0 e. The van der Waals surface area contributed by atoms with Crippen molar-refractivity contribution in [3.8, 4) is 11.8 Å². The van der Waals surface area contributed by atoms with Crippen molar-refractivity contribution >= 4 is 6.29 Å². The molecular formula is C12H4CoO9. The smallest absolute Gasteiger partial charge is 0 e. The van der Waals surface area contributed by atoms with E-state index in [9.17, 15) is 4.79 Å². The fourth-order valence-corrected chi connectivity index (χ4v) is 0.0589. The molecule has 22 heavy (non-hydrogen) atoms. The molecule has 0 aliphatic rings. The van der Waals surface area contributed by atoms with Crippen molar-refractivity contribution in [1.82, 2.24) is 0 Å². The van der Waals surface area contributed by atoms with E-state index >= 15 is 0 Å². The minimum absolute atomic E-state index is 0. The van der Waals surface area contributed by atoms with Gasteiger partial charge in [0.05, 0.1) is 0 Å². The summed E-state index contributed by atoms with van der Waals surface area (Å²) in [6, 6.07) is 0. The van der Waals surface area contributed by atoms with Gasteiger partial charge in [-0.1, -0.05) is 5.92 Å². The predicted octanol–water partition coefficient (Wildman–Crippen LogP) is -0.0940. The molecule has 10 heteroatoms. The summed E-state index contributed by atoms with van der Waals surface area (Å²) in [5, 5.41) is 0. The fraction of sp³-hybridized carbons (Fsp3) is 0.0833. The SMILES string of the molecule is CC#CC=O.[C-]#[O+].[C-]#[O+].[C-]#[O+].[C-]#[O+].[C-]#[O+].[C-]#[O+].[C-]#[O+].[C-]#[O+].[Co]. The average Bonchev–Trinajstić information content (AvgIpc) is 2.69. The van der Waals surface area contributed by atoms with E-state index in [2.05, 4.69) is 65.0 Å². The first-order valence-electron chi connectivity index (χ1n) is 2.91. The first kappa shape index (κ1) is 73.4. The molecule has 0 spiro atoms. The molecule has 9 nitrogen and oxygen atoms in total. The zero-order chi connectivity index (χ0) is 20.1. The molecular weight excluding hydrogens is 347 g/mol. The third-order valence-electron chi connectivity index (χ3n) is 0.203. The standard InChI is InChI=1S/C4H4O.8CO.Co/c1-2-3-4-5;8*1-2;/h4H,1H3;;;;;;;;;. The molecule has 115 valence electrons. The largest absolute Gasteiger partial charge is 0 e. The Morgan fingerprint density at radius 2 is 0.727 bits per heavy atom. The Morgan fingerprint density at radius 3 is 0.727 bits per heavy atom. The van der Waals surface area contributed by atoms with Gasteiger partial charge in [0.1, 0.15) is 0 Å². The molecule has 0 aromatic heterocycles. The Bertz CT molecular complexity index is 272. The average molecular weight is 351 g/mol. The maximum atomic E-state index is 9.23.